The molecule has 0 radical (unpaired) electrons. The number of pyridine rings is 1. The molecule has 1 aromatic rings. The molecule has 0 aliphatic carbocycles. The number of hydrogen-bond donors (Lipinski definition) is 1. The van der Waals surface area contributed by atoms with E-state index in [1.165, 1.54) is 0 Å². The summed E-state index contributed by atoms with van der Waals surface area (Å²) in [5, 5.41) is 10.7. The Balaban J connectivity index is 2.40. The van der Waals surface area contributed by atoms with Gasteiger partial charge in [-0.15, -0.1) is 0 Å². The van der Waals surface area contributed by atoms with Gasteiger partial charge in [-0.3, -0.25) is 9.88 Å². The van der Waals surface area contributed by atoms with Gasteiger partial charge < -0.3 is 5.11 Å². The highest BCUT2D eigenvalue weighted by Crippen LogP contribution is 2.41. The number of nitrogens with zero attached hydrogens (tertiary/aromatic N) is 2. The van der Waals surface area contributed by atoms with Crippen LogP contribution in [-0.2, 0) is 6.18 Å². The molecule has 1 fully saturated rings. The van der Waals surface area contributed by atoms with Crippen molar-refractivity contribution in [1.29, 1.82) is 0 Å². The molecule has 1 aliphatic heterocycles. The Kier molecular flexibility index (Phi) is 4.58. The van der Waals surface area contributed by atoms with Crippen LogP contribution in [0.25, 0.3) is 0 Å². The molecule has 0 spiro atoms. The molecule has 2 unspecified atom stereocenters. The summed E-state index contributed by atoms with van der Waals surface area (Å²) in [6, 6.07) is 0.929. The molecule has 118 valence electrons. The Hall–Kier alpha value is -1.14. The first-order valence-corrected chi connectivity index (χ1v) is 7.25. The van der Waals surface area contributed by atoms with Crippen LogP contribution in [0.15, 0.2) is 18.5 Å². The summed E-state index contributed by atoms with van der Waals surface area (Å²) in [5.41, 5.74) is -1.65. The van der Waals surface area contributed by atoms with Crippen LogP contribution in [0, 0.1) is 0 Å². The van der Waals surface area contributed by atoms with Crippen molar-refractivity contribution >= 4 is 0 Å². The second-order valence-corrected chi connectivity index (χ2v) is 5.77. The lowest BCUT2D eigenvalue weighted by molar-refractivity contribution is -0.140. The van der Waals surface area contributed by atoms with Crippen LogP contribution >= 0.6 is 0 Å². The van der Waals surface area contributed by atoms with Gasteiger partial charge in [0.2, 0.25) is 0 Å². The van der Waals surface area contributed by atoms with Crippen molar-refractivity contribution in [1.82, 2.24) is 9.88 Å². The Morgan fingerprint density at radius 3 is 2.48 bits per heavy atom. The average molecular weight is 302 g/mol. The first kappa shape index (κ1) is 16.2. The summed E-state index contributed by atoms with van der Waals surface area (Å²) in [7, 11) is 0. The summed E-state index contributed by atoms with van der Waals surface area (Å²) < 4.78 is 39.4. The van der Waals surface area contributed by atoms with E-state index in [0.29, 0.717) is 6.42 Å². The van der Waals surface area contributed by atoms with E-state index in [-0.39, 0.29) is 5.56 Å². The highest BCUT2D eigenvalue weighted by molar-refractivity contribution is 5.30. The molecule has 2 heterocycles. The third kappa shape index (κ3) is 3.06. The average Bonchev–Trinajstić information content (AvgIpc) is 2.99. The van der Waals surface area contributed by atoms with Gasteiger partial charge in [-0.2, -0.15) is 13.2 Å². The van der Waals surface area contributed by atoms with E-state index in [1.54, 1.807) is 0 Å². The molecule has 6 heteroatoms. The monoisotopic (exact) mass is 302 g/mol. The van der Waals surface area contributed by atoms with E-state index in [1.807, 2.05) is 13.8 Å². The Morgan fingerprint density at radius 1 is 1.33 bits per heavy atom. The van der Waals surface area contributed by atoms with E-state index in [2.05, 4.69) is 9.88 Å². The number of aromatic nitrogens is 1. The van der Waals surface area contributed by atoms with Gasteiger partial charge in [0.25, 0.3) is 0 Å². The quantitative estimate of drug-likeness (QED) is 0.926. The van der Waals surface area contributed by atoms with Crippen molar-refractivity contribution in [2.24, 2.45) is 0 Å². The molecule has 0 saturated carbocycles. The fraction of sp³-hybridized carbons (Fsp3) is 0.667. The largest absolute Gasteiger partial charge is 0.416 e. The van der Waals surface area contributed by atoms with Crippen molar-refractivity contribution in [3.8, 4) is 0 Å². The number of halogens is 3. The molecule has 1 saturated heterocycles. The third-order valence-electron chi connectivity index (χ3n) is 4.59. The number of aliphatic hydroxyl groups excluding tert-OH is 1. The van der Waals surface area contributed by atoms with Crippen LogP contribution in [0.4, 0.5) is 13.2 Å². The van der Waals surface area contributed by atoms with Gasteiger partial charge in [0.1, 0.15) is 0 Å². The highest BCUT2D eigenvalue weighted by Gasteiger charge is 2.43. The van der Waals surface area contributed by atoms with Crippen molar-refractivity contribution in [3.05, 3.63) is 29.6 Å². The molecule has 1 aromatic heterocycles. The number of likely N-dealkylation sites (tertiary alicyclic amines) is 1. The van der Waals surface area contributed by atoms with E-state index < -0.39 is 23.4 Å². The zero-order chi connectivity index (χ0) is 15.7. The third-order valence-corrected chi connectivity index (χ3v) is 4.59. The van der Waals surface area contributed by atoms with Crippen molar-refractivity contribution < 1.29 is 18.3 Å². The number of alkyl halides is 3. The van der Waals surface area contributed by atoms with E-state index in [0.717, 1.165) is 44.4 Å². The van der Waals surface area contributed by atoms with Crippen LogP contribution in [0.1, 0.15) is 50.3 Å². The van der Waals surface area contributed by atoms with Gasteiger partial charge in [0.15, 0.2) is 0 Å². The molecule has 21 heavy (non-hydrogen) atoms. The molecule has 1 aliphatic rings. The van der Waals surface area contributed by atoms with Gasteiger partial charge >= 0.3 is 6.18 Å². The maximum Gasteiger partial charge on any atom is 0.416 e. The Labute approximate surface area is 122 Å². The lowest BCUT2D eigenvalue weighted by atomic mass is 9.84. The number of rotatable bonds is 4. The zero-order valence-electron chi connectivity index (χ0n) is 12.3. The van der Waals surface area contributed by atoms with Crippen LogP contribution in [0.3, 0.4) is 0 Å². The van der Waals surface area contributed by atoms with Crippen LogP contribution in [0.2, 0.25) is 0 Å². The van der Waals surface area contributed by atoms with Crippen LogP contribution < -0.4 is 0 Å². The highest BCUT2D eigenvalue weighted by atomic mass is 19.4. The first-order valence-electron chi connectivity index (χ1n) is 7.25. The number of aliphatic hydroxyl groups is 1. The van der Waals surface area contributed by atoms with Gasteiger partial charge in [0, 0.05) is 23.5 Å². The van der Waals surface area contributed by atoms with Gasteiger partial charge in [0.05, 0.1) is 11.7 Å². The minimum absolute atomic E-state index is 0.138. The van der Waals surface area contributed by atoms with Crippen molar-refractivity contribution in [3.63, 3.8) is 0 Å². The minimum atomic E-state index is -4.49. The van der Waals surface area contributed by atoms with Crippen molar-refractivity contribution in [2.75, 3.05) is 13.1 Å². The molecule has 1 N–H and O–H groups in total. The molecule has 0 amide bonds. The second kappa shape index (κ2) is 5.93. The number of hydrogen-bond acceptors (Lipinski definition) is 3. The summed E-state index contributed by atoms with van der Waals surface area (Å²) in [5.74, 6) is 0. The van der Waals surface area contributed by atoms with Crippen molar-refractivity contribution in [2.45, 2.75) is 50.9 Å². The van der Waals surface area contributed by atoms with Crippen LogP contribution in [-0.4, -0.2) is 33.6 Å². The lowest BCUT2D eigenvalue weighted by Crippen LogP contribution is -2.49. The zero-order valence-corrected chi connectivity index (χ0v) is 12.3. The molecule has 0 aromatic carbocycles. The smallest absolute Gasteiger partial charge is 0.386 e. The summed E-state index contributed by atoms with van der Waals surface area (Å²) in [6.45, 7) is 5.34. The molecule has 2 rings (SSSR count). The topological polar surface area (TPSA) is 36.4 Å². The Morgan fingerprint density at radius 2 is 1.95 bits per heavy atom. The van der Waals surface area contributed by atoms with E-state index in [4.69, 9.17) is 0 Å². The maximum atomic E-state index is 13.1. The molecule has 0 bridgehead atoms. The van der Waals surface area contributed by atoms with Gasteiger partial charge in [-0.25, -0.2) is 0 Å². The summed E-state index contributed by atoms with van der Waals surface area (Å²) in [6.07, 6.45) is -0.858. The molecule has 3 nitrogen and oxygen atoms in total. The Bertz CT molecular complexity index is 486. The SMILES string of the molecule is CCC(C)(C(O)c1cnccc1C(F)(F)F)N1CCCC1. The summed E-state index contributed by atoms with van der Waals surface area (Å²) in [4.78, 5) is 5.86. The fourth-order valence-electron chi connectivity index (χ4n) is 3.04. The second-order valence-electron chi connectivity index (χ2n) is 5.77. The minimum Gasteiger partial charge on any atom is -0.386 e. The predicted molar refractivity (Wildman–Crippen MR) is 73.7 cm³/mol. The predicted octanol–water partition coefficient (Wildman–Crippen LogP) is 3.40. The standard InChI is InChI=1S/C15H21F3N2O/c1-3-14(2,20-8-4-5-9-20)13(21)11-10-19-7-6-12(11)15(16,17)18/h6-7,10,13,21H,3-5,8-9H2,1-2H3. The molecule has 2 atom stereocenters. The molecular weight excluding hydrogens is 281 g/mol. The van der Waals surface area contributed by atoms with Gasteiger partial charge in [-0.1, -0.05) is 6.92 Å². The maximum absolute atomic E-state index is 13.1. The van der Waals surface area contributed by atoms with E-state index >= 15 is 0 Å². The lowest BCUT2D eigenvalue weighted by Gasteiger charge is -2.42. The normalized spacial score (nSPS) is 21.2. The first-order chi connectivity index (χ1) is 9.80. The van der Waals surface area contributed by atoms with Crippen LogP contribution in [0.5, 0.6) is 0 Å². The fourth-order valence-corrected chi connectivity index (χ4v) is 3.04. The van der Waals surface area contributed by atoms with E-state index in [9.17, 15) is 18.3 Å². The molecular formula is C15H21F3N2O. The van der Waals surface area contributed by atoms with Gasteiger partial charge in [-0.05, 0) is 45.3 Å². The summed E-state index contributed by atoms with van der Waals surface area (Å²) >= 11 is 0.